The summed E-state index contributed by atoms with van der Waals surface area (Å²) >= 11 is 1.57. The molecule has 2 aromatic heterocycles. The molecule has 3 aromatic rings. The number of para-hydroxylation sites is 1. The largest absolute Gasteiger partial charge is 0.467 e. The van der Waals surface area contributed by atoms with E-state index < -0.39 is 0 Å². The summed E-state index contributed by atoms with van der Waals surface area (Å²) < 4.78 is 6.35. The fourth-order valence-corrected chi connectivity index (χ4v) is 2.82. The second-order valence-electron chi connectivity index (χ2n) is 4.63. The molecule has 0 saturated heterocycles. The molecule has 0 N–H and O–H groups in total. The van der Waals surface area contributed by atoms with E-state index in [-0.39, 0.29) is 5.91 Å². The molecule has 1 amide bonds. The van der Waals surface area contributed by atoms with Crippen molar-refractivity contribution < 1.29 is 9.21 Å². The number of likely N-dealkylation sites (N-methyl/N-ethyl adjacent to an activating group) is 1. The summed E-state index contributed by atoms with van der Waals surface area (Å²) in [5, 5.41) is 0.830. The lowest BCUT2D eigenvalue weighted by molar-refractivity contribution is -0.125. The molecule has 0 aliphatic carbocycles. The van der Waals surface area contributed by atoms with E-state index in [2.05, 4.69) is 4.98 Å². The second-order valence-corrected chi connectivity index (χ2v) is 5.69. The second kappa shape index (κ2) is 5.93. The lowest BCUT2D eigenvalue weighted by Crippen LogP contribution is -2.23. The highest BCUT2D eigenvalue weighted by Crippen LogP contribution is 2.22. The average Bonchev–Trinajstić information content (AvgIpc) is 3.13. The lowest BCUT2D eigenvalue weighted by Gasteiger charge is -2.12. The van der Waals surface area contributed by atoms with Gasteiger partial charge < -0.3 is 9.32 Å². The van der Waals surface area contributed by atoms with Crippen LogP contribution in [0.3, 0.4) is 0 Å². The third-order valence-corrected chi connectivity index (χ3v) is 4.03. The predicted molar refractivity (Wildman–Crippen MR) is 83.8 cm³/mol. The number of hydrogen-bond acceptors (Lipinski definition) is 4. The molecule has 106 valence electrons. The molecule has 4 nitrogen and oxygen atoms in total. The molecule has 0 atom stereocenters. The van der Waals surface area contributed by atoms with Gasteiger partial charge in [0.05, 0.1) is 23.0 Å². The van der Waals surface area contributed by atoms with E-state index >= 15 is 0 Å². The van der Waals surface area contributed by atoms with Gasteiger partial charge in [0, 0.05) is 13.1 Å². The molecule has 2 heterocycles. The van der Waals surface area contributed by atoms with Crippen molar-refractivity contribution in [3.05, 3.63) is 59.5 Å². The highest BCUT2D eigenvalue weighted by atomic mass is 32.1. The number of nitrogens with zero attached hydrogens (tertiary/aromatic N) is 2. The average molecular weight is 298 g/mol. The lowest BCUT2D eigenvalue weighted by atomic mass is 10.3. The number of furan rings is 1. The van der Waals surface area contributed by atoms with E-state index in [1.54, 1.807) is 41.7 Å². The number of aromatic nitrogens is 1. The maximum atomic E-state index is 12.0. The molecule has 0 aliphatic rings. The molecular formula is C16H14N2O2S. The topological polar surface area (TPSA) is 46.3 Å². The number of rotatable bonds is 4. The van der Waals surface area contributed by atoms with Gasteiger partial charge in [0.2, 0.25) is 5.91 Å². The quantitative estimate of drug-likeness (QED) is 0.692. The van der Waals surface area contributed by atoms with Crippen LogP contribution in [0.5, 0.6) is 0 Å². The summed E-state index contributed by atoms with van der Waals surface area (Å²) in [7, 11) is 1.74. The summed E-state index contributed by atoms with van der Waals surface area (Å²) in [5.41, 5.74) is 0.957. The van der Waals surface area contributed by atoms with E-state index in [1.807, 2.05) is 36.4 Å². The molecular weight excluding hydrogens is 284 g/mol. The molecule has 21 heavy (non-hydrogen) atoms. The fourth-order valence-electron chi connectivity index (χ4n) is 1.95. The number of fused-ring (bicyclic) bond motifs is 1. The van der Waals surface area contributed by atoms with Crippen molar-refractivity contribution >= 4 is 33.5 Å². The summed E-state index contributed by atoms with van der Waals surface area (Å²) in [5.74, 6) is 0.685. The molecule has 0 radical (unpaired) electrons. The van der Waals surface area contributed by atoms with Crippen LogP contribution in [0.25, 0.3) is 16.3 Å². The highest BCUT2D eigenvalue weighted by molar-refractivity contribution is 7.19. The van der Waals surface area contributed by atoms with Crippen molar-refractivity contribution in [1.29, 1.82) is 0 Å². The van der Waals surface area contributed by atoms with Crippen LogP contribution >= 0.6 is 11.3 Å². The van der Waals surface area contributed by atoms with Crippen LogP contribution in [-0.4, -0.2) is 22.8 Å². The SMILES string of the molecule is CN(Cc1ccco1)C(=O)/C=C/c1nc2ccccc2s1. The van der Waals surface area contributed by atoms with Crippen LogP contribution in [0.1, 0.15) is 10.8 Å². The first-order chi connectivity index (χ1) is 10.2. The number of thiazole rings is 1. The first kappa shape index (κ1) is 13.6. The van der Waals surface area contributed by atoms with Gasteiger partial charge in [-0.25, -0.2) is 4.98 Å². The Bertz CT molecular complexity index is 742. The summed E-state index contributed by atoms with van der Waals surface area (Å²) in [6.45, 7) is 0.454. The van der Waals surface area contributed by atoms with Gasteiger partial charge in [-0.15, -0.1) is 11.3 Å². The van der Waals surface area contributed by atoms with Gasteiger partial charge in [0.25, 0.3) is 0 Å². The third kappa shape index (κ3) is 3.20. The predicted octanol–water partition coefficient (Wildman–Crippen LogP) is 3.56. The van der Waals surface area contributed by atoms with Crippen LogP contribution in [-0.2, 0) is 11.3 Å². The first-order valence-corrected chi connectivity index (χ1v) is 7.35. The Morgan fingerprint density at radius 1 is 1.33 bits per heavy atom. The van der Waals surface area contributed by atoms with E-state index in [9.17, 15) is 4.79 Å². The third-order valence-electron chi connectivity index (χ3n) is 3.03. The van der Waals surface area contributed by atoms with Crippen molar-refractivity contribution in [3.8, 4) is 0 Å². The first-order valence-electron chi connectivity index (χ1n) is 6.53. The number of carbonyl (C=O) groups is 1. The molecule has 3 rings (SSSR count). The zero-order valence-corrected chi connectivity index (χ0v) is 12.3. The normalized spacial score (nSPS) is 11.3. The van der Waals surface area contributed by atoms with Gasteiger partial charge in [-0.3, -0.25) is 4.79 Å². The van der Waals surface area contributed by atoms with Gasteiger partial charge in [-0.1, -0.05) is 12.1 Å². The van der Waals surface area contributed by atoms with E-state index in [0.29, 0.717) is 6.54 Å². The van der Waals surface area contributed by atoms with Crippen molar-refractivity contribution in [2.45, 2.75) is 6.54 Å². The number of benzene rings is 1. The number of hydrogen-bond donors (Lipinski definition) is 0. The van der Waals surface area contributed by atoms with Crippen molar-refractivity contribution in [3.63, 3.8) is 0 Å². The molecule has 0 unspecified atom stereocenters. The maximum Gasteiger partial charge on any atom is 0.246 e. The Morgan fingerprint density at radius 2 is 2.19 bits per heavy atom. The van der Waals surface area contributed by atoms with E-state index in [0.717, 1.165) is 21.0 Å². The Labute approximate surface area is 126 Å². The monoisotopic (exact) mass is 298 g/mol. The molecule has 0 spiro atoms. The summed E-state index contributed by atoms with van der Waals surface area (Å²) in [6, 6.07) is 11.6. The number of carbonyl (C=O) groups excluding carboxylic acids is 1. The van der Waals surface area contributed by atoms with Crippen molar-refractivity contribution in [2.24, 2.45) is 0 Å². The fraction of sp³-hybridized carbons (Fsp3) is 0.125. The Hall–Kier alpha value is -2.40. The van der Waals surface area contributed by atoms with Crippen LogP contribution in [0.2, 0.25) is 0 Å². The van der Waals surface area contributed by atoms with Crippen LogP contribution in [0, 0.1) is 0 Å². The van der Waals surface area contributed by atoms with E-state index in [4.69, 9.17) is 4.42 Å². The van der Waals surface area contributed by atoms with Crippen LogP contribution in [0.4, 0.5) is 0 Å². The van der Waals surface area contributed by atoms with Gasteiger partial charge in [-0.05, 0) is 30.3 Å². The maximum absolute atomic E-state index is 12.0. The minimum absolute atomic E-state index is 0.0781. The molecule has 1 aromatic carbocycles. The standard InChI is InChI=1S/C16H14N2O2S/c1-18(11-12-5-4-10-20-12)16(19)9-8-15-17-13-6-2-3-7-14(13)21-15/h2-10H,11H2,1H3/b9-8+. The van der Waals surface area contributed by atoms with Crippen molar-refractivity contribution in [1.82, 2.24) is 9.88 Å². The summed E-state index contributed by atoms with van der Waals surface area (Å²) in [6.07, 6.45) is 4.90. The zero-order chi connectivity index (χ0) is 14.7. The Kier molecular flexibility index (Phi) is 3.83. The molecule has 0 aliphatic heterocycles. The van der Waals surface area contributed by atoms with Gasteiger partial charge in [-0.2, -0.15) is 0 Å². The van der Waals surface area contributed by atoms with E-state index in [1.165, 1.54) is 0 Å². The molecule has 0 saturated carbocycles. The van der Waals surface area contributed by atoms with Crippen LogP contribution in [0.15, 0.2) is 53.2 Å². The van der Waals surface area contributed by atoms with Gasteiger partial charge in [0.1, 0.15) is 10.8 Å². The number of amides is 1. The minimum Gasteiger partial charge on any atom is -0.467 e. The Morgan fingerprint density at radius 3 is 2.95 bits per heavy atom. The molecule has 5 heteroatoms. The molecule has 0 fully saturated rings. The highest BCUT2D eigenvalue weighted by Gasteiger charge is 2.08. The molecule has 0 bridgehead atoms. The smallest absolute Gasteiger partial charge is 0.246 e. The Balaban J connectivity index is 1.68. The van der Waals surface area contributed by atoms with Crippen molar-refractivity contribution in [2.75, 3.05) is 7.05 Å². The minimum atomic E-state index is -0.0781. The zero-order valence-electron chi connectivity index (χ0n) is 11.5. The van der Waals surface area contributed by atoms with Gasteiger partial charge >= 0.3 is 0 Å². The van der Waals surface area contributed by atoms with Gasteiger partial charge in [0.15, 0.2) is 0 Å². The summed E-state index contributed by atoms with van der Waals surface area (Å²) in [4.78, 5) is 18.1. The van der Waals surface area contributed by atoms with Crippen LogP contribution < -0.4 is 0 Å².